The minimum absolute atomic E-state index is 0.260. The average molecular weight is 449 g/mol. The van der Waals surface area contributed by atoms with E-state index in [-0.39, 0.29) is 6.61 Å². The fourth-order valence-corrected chi connectivity index (χ4v) is 3.36. The summed E-state index contributed by atoms with van der Waals surface area (Å²) in [7, 11) is 0. The van der Waals surface area contributed by atoms with E-state index in [4.69, 9.17) is 37.9 Å². The van der Waals surface area contributed by atoms with Gasteiger partial charge in [0.05, 0.1) is 29.9 Å². The third kappa shape index (κ3) is 5.80. The lowest BCUT2D eigenvalue weighted by Crippen LogP contribution is -2.00. The standard InChI is InChI=1S/C25H18Cl2N2O2/c1-2-30-25-12-17(10-21(15-29)19-5-3-4-18(11-19)14-28)6-9-24(25)31-16-20-7-8-22(26)13-23(20)27/h3-13H,2,16H2,1H3/b21-10-. The molecule has 0 bridgehead atoms. The normalized spacial score (nSPS) is 10.8. The van der Waals surface area contributed by atoms with Crippen LogP contribution >= 0.6 is 23.2 Å². The molecule has 0 amide bonds. The number of allylic oxidation sites excluding steroid dienone is 1. The van der Waals surface area contributed by atoms with Crippen molar-refractivity contribution in [3.8, 4) is 23.6 Å². The third-order valence-electron chi connectivity index (χ3n) is 4.40. The van der Waals surface area contributed by atoms with Crippen molar-refractivity contribution in [3.05, 3.63) is 93.0 Å². The fourth-order valence-electron chi connectivity index (χ4n) is 2.90. The Hall–Kier alpha value is -3.44. The summed E-state index contributed by atoms with van der Waals surface area (Å²) in [5.41, 5.74) is 3.21. The van der Waals surface area contributed by atoms with Crippen molar-refractivity contribution in [1.29, 1.82) is 10.5 Å². The average Bonchev–Trinajstić information content (AvgIpc) is 2.78. The molecular formula is C25H18Cl2N2O2. The molecule has 3 aromatic rings. The van der Waals surface area contributed by atoms with E-state index in [0.717, 1.165) is 11.1 Å². The maximum atomic E-state index is 9.61. The highest BCUT2D eigenvalue weighted by atomic mass is 35.5. The lowest BCUT2D eigenvalue weighted by atomic mass is 10.0. The van der Waals surface area contributed by atoms with E-state index in [2.05, 4.69) is 12.1 Å². The van der Waals surface area contributed by atoms with E-state index >= 15 is 0 Å². The number of nitrogens with zero attached hydrogens (tertiary/aromatic N) is 2. The van der Waals surface area contributed by atoms with Crippen molar-refractivity contribution < 1.29 is 9.47 Å². The van der Waals surface area contributed by atoms with Crippen LogP contribution in [0.4, 0.5) is 0 Å². The lowest BCUT2D eigenvalue weighted by molar-refractivity contribution is 0.269. The Labute approximate surface area is 191 Å². The van der Waals surface area contributed by atoms with Crippen LogP contribution in [0.2, 0.25) is 10.0 Å². The first-order chi connectivity index (χ1) is 15.0. The number of nitriles is 2. The van der Waals surface area contributed by atoms with E-state index in [9.17, 15) is 5.26 Å². The summed E-state index contributed by atoms with van der Waals surface area (Å²) < 4.78 is 11.7. The maximum absolute atomic E-state index is 9.61. The van der Waals surface area contributed by atoms with Gasteiger partial charge in [0.25, 0.3) is 0 Å². The molecule has 0 atom stereocenters. The topological polar surface area (TPSA) is 66.0 Å². The second kappa shape index (κ2) is 10.5. The molecule has 0 N–H and O–H groups in total. The second-order valence-corrected chi connectivity index (χ2v) is 7.37. The van der Waals surface area contributed by atoms with Crippen LogP contribution in [0.25, 0.3) is 11.6 Å². The zero-order valence-corrected chi connectivity index (χ0v) is 18.2. The van der Waals surface area contributed by atoms with Crippen LogP contribution in [0.1, 0.15) is 29.2 Å². The molecule has 0 aliphatic heterocycles. The Bertz CT molecular complexity index is 1210. The van der Waals surface area contributed by atoms with Crippen LogP contribution in [0, 0.1) is 22.7 Å². The molecule has 3 rings (SSSR count). The summed E-state index contributed by atoms with van der Waals surface area (Å²) in [5, 5.41) is 19.8. The first-order valence-electron chi connectivity index (χ1n) is 9.50. The minimum Gasteiger partial charge on any atom is -0.490 e. The minimum atomic E-state index is 0.260. The van der Waals surface area contributed by atoms with Crippen molar-refractivity contribution >= 4 is 34.9 Å². The number of benzene rings is 3. The number of halogens is 2. The van der Waals surface area contributed by atoms with E-state index in [1.807, 2.05) is 25.1 Å². The van der Waals surface area contributed by atoms with Crippen molar-refractivity contribution in [1.82, 2.24) is 0 Å². The summed E-state index contributed by atoms with van der Waals surface area (Å²) in [6.07, 6.45) is 1.75. The second-order valence-electron chi connectivity index (χ2n) is 6.53. The summed E-state index contributed by atoms with van der Waals surface area (Å²) in [6.45, 7) is 2.60. The van der Waals surface area contributed by atoms with Crippen LogP contribution in [0.15, 0.2) is 60.7 Å². The fraction of sp³-hybridized carbons (Fsp3) is 0.120. The van der Waals surface area contributed by atoms with Gasteiger partial charge in [-0.15, -0.1) is 0 Å². The zero-order valence-electron chi connectivity index (χ0n) is 16.7. The molecule has 0 unspecified atom stereocenters. The molecule has 0 aliphatic carbocycles. The molecule has 0 aliphatic rings. The lowest BCUT2D eigenvalue weighted by Gasteiger charge is -2.13. The predicted molar refractivity (Wildman–Crippen MR) is 123 cm³/mol. The molecule has 0 aromatic heterocycles. The zero-order chi connectivity index (χ0) is 22.2. The van der Waals surface area contributed by atoms with Gasteiger partial charge in [0, 0.05) is 15.6 Å². The van der Waals surface area contributed by atoms with Gasteiger partial charge in [0.2, 0.25) is 0 Å². The van der Waals surface area contributed by atoms with E-state index in [0.29, 0.717) is 44.9 Å². The molecule has 154 valence electrons. The summed E-state index contributed by atoms with van der Waals surface area (Å²) in [4.78, 5) is 0. The summed E-state index contributed by atoms with van der Waals surface area (Å²) >= 11 is 12.2. The van der Waals surface area contributed by atoms with Crippen LogP contribution in [-0.4, -0.2) is 6.61 Å². The van der Waals surface area contributed by atoms with Crippen LogP contribution < -0.4 is 9.47 Å². The smallest absolute Gasteiger partial charge is 0.161 e. The van der Waals surface area contributed by atoms with Gasteiger partial charge in [-0.2, -0.15) is 10.5 Å². The predicted octanol–water partition coefficient (Wildman–Crippen LogP) is 6.91. The van der Waals surface area contributed by atoms with Crippen molar-refractivity contribution in [2.24, 2.45) is 0 Å². The molecule has 0 heterocycles. The van der Waals surface area contributed by atoms with Gasteiger partial charge in [-0.05, 0) is 60.5 Å². The molecule has 0 radical (unpaired) electrons. The molecule has 4 nitrogen and oxygen atoms in total. The first-order valence-corrected chi connectivity index (χ1v) is 10.3. The van der Waals surface area contributed by atoms with Gasteiger partial charge in [0.15, 0.2) is 11.5 Å². The molecule has 0 saturated heterocycles. The van der Waals surface area contributed by atoms with Crippen LogP contribution in [0.5, 0.6) is 11.5 Å². The maximum Gasteiger partial charge on any atom is 0.161 e. The summed E-state index contributed by atoms with van der Waals surface area (Å²) in [5.74, 6) is 1.12. The Morgan fingerprint density at radius 2 is 1.81 bits per heavy atom. The highest BCUT2D eigenvalue weighted by Crippen LogP contribution is 2.32. The largest absolute Gasteiger partial charge is 0.490 e. The SMILES string of the molecule is CCOc1cc(/C=C(/C#N)c2cccc(C#N)c2)ccc1OCc1ccc(Cl)cc1Cl. The van der Waals surface area contributed by atoms with Crippen molar-refractivity contribution in [2.75, 3.05) is 6.61 Å². The molecule has 31 heavy (non-hydrogen) atoms. The number of rotatable bonds is 7. The van der Waals surface area contributed by atoms with E-state index in [1.165, 1.54) is 0 Å². The van der Waals surface area contributed by atoms with Gasteiger partial charge in [-0.1, -0.05) is 47.5 Å². The molecule has 0 saturated carbocycles. The Morgan fingerprint density at radius 1 is 0.968 bits per heavy atom. The monoisotopic (exact) mass is 448 g/mol. The third-order valence-corrected chi connectivity index (χ3v) is 4.99. The molecule has 0 fully saturated rings. The van der Waals surface area contributed by atoms with Gasteiger partial charge in [-0.3, -0.25) is 0 Å². The summed E-state index contributed by atoms with van der Waals surface area (Å²) in [6, 6.07) is 21.9. The molecular weight excluding hydrogens is 431 g/mol. The number of ether oxygens (including phenoxy) is 2. The Morgan fingerprint density at radius 3 is 2.52 bits per heavy atom. The van der Waals surface area contributed by atoms with Gasteiger partial charge in [-0.25, -0.2) is 0 Å². The number of hydrogen-bond acceptors (Lipinski definition) is 4. The molecule has 3 aromatic carbocycles. The highest BCUT2D eigenvalue weighted by molar-refractivity contribution is 6.35. The van der Waals surface area contributed by atoms with Gasteiger partial charge >= 0.3 is 0 Å². The first kappa shape index (κ1) is 22.2. The van der Waals surface area contributed by atoms with E-state index < -0.39 is 0 Å². The Kier molecular flexibility index (Phi) is 7.57. The quantitative estimate of drug-likeness (QED) is 0.291. The molecule has 0 spiro atoms. The van der Waals surface area contributed by atoms with Crippen molar-refractivity contribution in [2.45, 2.75) is 13.5 Å². The van der Waals surface area contributed by atoms with Crippen molar-refractivity contribution in [3.63, 3.8) is 0 Å². The Balaban J connectivity index is 1.87. The highest BCUT2D eigenvalue weighted by Gasteiger charge is 2.10. The van der Waals surface area contributed by atoms with Crippen LogP contribution in [0.3, 0.4) is 0 Å². The van der Waals surface area contributed by atoms with E-state index in [1.54, 1.807) is 48.5 Å². The van der Waals surface area contributed by atoms with Gasteiger partial charge in [0.1, 0.15) is 6.61 Å². The van der Waals surface area contributed by atoms with Gasteiger partial charge < -0.3 is 9.47 Å². The molecule has 6 heteroatoms. The number of hydrogen-bond donors (Lipinski definition) is 0. The van der Waals surface area contributed by atoms with Crippen LogP contribution in [-0.2, 0) is 6.61 Å².